The number of aliphatic carboxylic acids is 1. The molecule has 6 heteroatoms. The lowest BCUT2D eigenvalue weighted by Crippen LogP contribution is -2.40. The van der Waals surface area contributed by atoms with Crippen LogP contribution in [0.2, 0.25) is 0 Å². The van der Waals surface area contributed by atoms with E-state index in [-0.39, 0.29) is 24.3 Å². The Balaban J connectivity index is 1.66. The monoisotopic (exact) mass is 287 g/mol. The fourth-order valence-electron chi connectivity index (χ4n) is 3.32. The first-order valence-electron chi connectivity index (χ1n) is 7.02. The van der Waals surface area contributed by atoms with Gasteiger partial charge in [-0.2, -0.15) is 0 Å². The lowest BCUT2D eigenvalue weighted by atomic mass is 9.82. The summed E-state index contributed by atoms with van der Waals surface area (Å²) in [7, 11) is 0. The summed E-state index contributed by atoms with van der Waals surface area (Å²) in [5.74, 6) is -2.15. The average Bonchev–Trinajstić information content (AvgIpc) is 3.06. The van der Waals surface area contributed by atoms with Crippen molar-refractivity contribution in [1.29, 1.82) is 0 Å². The molecule has 1 saturated carbocycles. The van der Waals surface area contributed by atoms with Crippen LogP contribution in [0.4, 0.5) is 0 Å². The van der Waals surface area contributed by atoms with Crippen molar-refractivity contribution >= 4 is 11.9 Å². The molecule has 2 aliphatic rings. The van der Waals surface area contributed by atoms with Gasteiger partial charge in [0.2, 0.25) is 5.91 Å². The SMILES string of the molecule is Cc1cnc(CNC(=O)[C@H]2C3C=CC(C3)[C@H]2C(=O)O)cn1. The molecule has 21 heavy (non-hydrogen) atoms. The van der Waals surface area contributed by atoms with Crippen LogP contribution in [-0.2, 0) is 16.1 Å². The van der Waals surface area contributed by atoms with Gasteiger partial charge in [-0.25, -0.2) is 0 Å². The van der Waals surface area contributed by atoms with Gasteiger partial charge in [0, 0.05) is 6.20 Å². The van der Waals surface area contributed by atoms with E-state index in [4.69, 9.17) is 0 Å². The summed E-state index contributed by atoms with van der Waals surface area (Å²) in [4.78, 5) is 32.0. The zero-order chi connectivity index (χ0) is 15.0. The standard InChI is InChI=1S/C15H17N3O3/c1-8-5-17-11(6-16-8)7-18-14(19)12-9-2-3-10(4-9)13(12)15(20)21/h2-3,5-6,9-10,12-13H,4,7H2,1H3,(H,18,19)(H,20,21)/t9?,10?,12-,13+/m0/s1. The van der Waals surface area contributed by atoms with E-state index in [0.717, 1.165) is 12.1 Å². The van der Waals surface area contributed by atoms with Crippen molar-refractivity contribution in [3.8, 4) is 0 Å². The third kappa shape index (κ3) is 2.53. The second-order valence-corrected chi connectivity index (χ2v) is 5.71. The molecular weight excluding hydrogens is 270 g/mol. The molecule has 2 N–H and O–H groups in total. The second-order valence-electron chi connectivity index (χ2n) is 5.71. The van der Waals surface area contributed by atoms with Crippen LogP contribution < -0.4 is 5.32 Å². The molecule has 0 aromatic carbocycles. The Hall–Kier alpha value is -2.24. The van der Waals surface area contributed by atoms with E-state index in [9.17, 15) is 14.7 Å². The first-order chi connectivity index (χ1) is 10.1. The summed E-state index contributed by atoms with van der Waals surface area (Å²) in [6.07, 6.45) is 7.92. The number of nitrogens with one attached hydrogen (secondary N) is 1. The molecule has 0 spiro atoms. The van der Waals surface area contributed by atoms with Crippen LogP contribution in [0.25, 0.3) is 0 Å². The predicted molar refractivity (Wildman–Crippen MR) is 74.0 cm³/mol. The van der Waals surface area contributed by atoms with Crippen LogP contribution in [-0.4, -0.2) is 27.0 Å². The van der Waals surface area contributed by atoms with Crippen molar-refractivity contribution in [2.24, 2.45) is 23.7 Å². The Labute approximate surface area is 122 Å². The van der Waals surface area contributed by atoms with Gasteiger partial charge in [0.05, 0.1) is 36.0 Å². The molecule has 110 valence electrons. The van der Waals surface area contributed by atoms with Crippen molar-refractivity contribution in [2.75, 3.05) is 0 Å². The molecule has 1 fully saturated rings. The Morgan fingerprint density at radius 3 is 2.57 bits per heavy atom. The molecule has 3 rings (SSSR count). The first kappa shape index (κ1) is 13.7. The molecule has 0 radical (unpaired) electrons. The van der Waals surface area contributed by atoms with Gasteiger partial charge < -0.3 is 10.4 Å². The fraction of sp³-hybridized carbons (Fsp3) is 0.467. The molecular formula is C15H17N3O3. The van der Waals surface area contributed by atoms with Gasteiger partial charge in [0.1, 0.15) is 0 Å². The van der Waals surface area contributed by atoms with E-state index in [1.54, 1.807) is 12.4 Å². The van der Waals surface area contributed by atoms with Crippen LogP contribution >= 0.6 is 0 Å². The number of carbonyl (C=O) groups is 2. The molecule has 1 amide bonds. The number of rotatable bonds is 4. The zero-order valence-electron chi connectivity index (χ0n) is 11.7. The van der Waals surface area contributed by atoms with E-state index in [1.165, 1.54) is 0 Å². The average molecular weight is 287 g/mol. The predicted octanol–water partition coefficient (Wildman–Crippen LogP) is 0.924. The van der Waals surface area contributed by atoms with Crippen molar-refractivity contribution in [1.82, 2.24) is 15.3 Å². The minimum absolute atomic E-state index is 0.0117. The molecule has 2 aliphatic carbocycles. The van der Waals surface area contributed by atoms with Gasteiger partial charge in [0.15, 0.2) is 0 Å². The summed E-state index contributed by atoms with van der Waals surface area (Å²) in [6.45, 7) is 2.12. The smallest absolute Gasteiger partial charge is 0.307 e. The normalized spacial score (nSPS) is 29.6. The summed E-state index contributed by atoms with van der Waals surface area (Å²) in [5.41, 5.74) is 1.48. The van der Waals surface area contributed by atoms with Gasteiger partial charge in [-0.15, -0.1) is 0 Å². The fourth-order valence-corrected chi connectivity index (χ4v) is 3.32. The highest BCUT2D eigenvalue weighted by atomic mass is 16.4. The van der Waals surface area contributed by atoms with Crippen molar-refractivity contribution in [3.63, 3.8) is 0 Å². The lowest BCUT2D eigenvalue weighted by Gasteiger charge is -2.23. The van der Waals surface area contributed by atoms with E-state index in [1.807, 2.05) is 19.1 Å². The number of carboxylic acid groups (broad SMARTS) is 1. The van der Waals surface area contributed by atoms with Gasteiger partial charge in [-0.3, -0.25) is 19.6 Å². The summed E-state index contributed by atoms with van der Waals surface area (Å²) in [5, 5.41) is 12.1. The van der Waals surface area contributed by atoms with E-state index in [0.29, 0.717) is 5.69 Å². The number of allylic oxidation sites excluding steroid dienone is 2. The molecule has 4 atom stereocenters. The number of carbonyl (C=O) groups excluding carboxylic acids is 1. The highest BCUT2D eigenvalue weighted by Crippen LogP contribution is 2.48. The van der Waals surface area contributed by atoms with Gasteiger partial charge in [0.25, 0.3) is 0 Å². The van der Waals surface area contributed by atoms with Gasteiger partial charge in [-0.1, -0.05) is 12.2 Å². The molecule has 6 nitrogen and oxygen atoms in total. The highest BCUT2D eigenvalue weighted by Gasteiger charge is 2.51. The summed E-state index contributed by atoms with van der Waals surface area (Å²) >= 11 is 0. The maximum absolute atomic E-state index is 12.3. The van der Waals surface area contributed by atoms with E-state index in [2.05, 4.69) is 15.3 Å². The highest BCUT2D eigenvalue weighted by molar-refractivity contribution is 5.86. The minimum Gasteiger partial charge on any atom is -0.481 e. The molecule has 0 aliphatic heterocycles. The Morgan fingerprint density at radius 1 is 1.24 bits per heavy atom. The van der Waals surface area contributed by atoms with Gasteiger partial charge >= 0.3 is 5.97 Å². The number of aromatic nitrogens is 2. The second kappa shape index (κ2) is 5.27. The van der Waals surface area contributed by atoms with Crippen LogP contribution in [0.1, 0.15) is 17.8 Å². The Kier molecular flexibility index (Phi) is 3.45. The largest absolute Gasteiger partial charge is 0.481 e. The van der Waals surface area contributed by atoms with Crippen LogP contribution in [0.3, 0.4) is 0 Å². The molecule has 1 heterocycles. The van der Waals surface area contributed by atoms with E-state index >= 15 is 0 Å². The summed E-state index contributed by atoms with van der Waals surface area (Å²) < 4.78 is 0. The van der Waals surface area contributed by atoms with Crippen molar-refractivity contribution < 1.29 is 14.7 Å². The van der Waals surface area contributed by atoms with Crippen LogP contribution in [0.15, 0.2) is 24.5 Å². The summed E-state index contributed by atoms with van der Waals surface area (Å²) in [6, 6.07) is 0. The quantitative estimate of drug-likeness (QED) is 0.803. The van der Waals surface area contributed by atoms with Crippen molar-refractivity contribution in [3.05, 3.63) is 35.9 Å². The maximum atomic E-state index is 12.3. The third-order valence-electron chi connectivity index (χ3n) is 4.33. The Bertz CT molecular complexity index is 597. The number of hydrogen-bond acceptors (Lipinski definition) is 4. The maximum Gasteiger partial charge on any atom is 0.307 e. The van der Waals surface area contributed by atoms with E-state index < -0.39 is 17.8 Å². The lowest BCUT2D eigenvalue weighted by molar-refractivity contribution is -0.147. The minimum atomic E-state index is -0.887. The number of carboxylic acids is 1. The number of fused-ring (bicyclic) bond motifs is 2. The number of aryl methyl sites for hydroxylation is 1. The third-order valence-corrected chi connectivity index (χ3v) is 4.33. The van der Waals surface area contributed by atoms with Crippen LogP contribution in [0.5, 0.6) is 0 Å². The van der Waals surface area contributed by atoms with Crippen LogP contribution in [0, 0.1) is 30.6 Å². The van der Waals surface area contributed by atoms with Crippen molar-refractivity contribution in [2.45, 2.75) is 19.9 Å². The number of amides is 1. The molecule has 2 bridgehead atoms. The van der Waals surface area contributed by atoms with Gasteiger partial charge in [-0.05, 0) is 25.2 Å². The first-order valence-corrected chi connectivity index (χ1v) is 7.02. The number of hydrogen-bond donors (Lipinski definition) is 2. The molecule has 0 saturated heterocycles. The zero-order valence-corrected chi connectivity index (χ0v) is 11.7. The molecule has 1 aromatic rings. The molecule has 2 unspecified atom stereocenters. The number of nitrogens with zero attached hydrogens (tertiary/aromatic N) is 2. The topological polar surface area (TPSA) is 92.2 Å². The Morgan fingerprint density at radius 2 is 1.95 bits per heavy atom. The molecule has 1 aromatic heterocycles.